The third kappa shape index (κ3) is 2.86. The Morgan fingerprint density at radius 2 is 1.95 bits per heavy atom. The quantitative estimate of drug-likeness (QED) is 0.818. The van der Waals surface area contributed by atoms with E-state index in [1.54, 1.807) is 19.9 Å². The van der Waals surface area contributed by atoms with Crippen molar-refractivity contribution in [2.75, 3.05) is 0 Å². The van der Waals surface area contributed by atoms with Gasteiger partial charge in [0.05, 0.1) is 17.9 Å². The van der Waals surface area contributed by atoms with E-state index in [9.17, 15) is 12.8 Å². The summed E-state index contributed by atoms with van der Waals surface area (Å²) in [6, 6.07) is 4.48. The van der Waals surface area contributed by atoms with E-state index in [1.165, 1.54) is 16.8 Å². The molecule has 0 amide bonds. The van der Waals surface area contributed by atoms with Crippen LogP contribution in [0.25, 0.3) is 0 Å². The Kier molecular flexibility index (Phi) is 3.88. The van der Waals surface area contributed by atoms with Crippen molar-refractivity contribution < 1.29 is 12.8 Å². The molecule has 108 valence electrons. The van der Waals surface area contributed by atoms with Gasteiger partial charge in [-0.1, -0.05) is 6.07 Å². The van der Waals surface area contributed by atoms with Crippen LogP contribution in [0.5, 0.6) is 0 Å². The molecular formula is C13H14ClFN2O2S. The van der Waals surface area contributed by atoms with Crippen LogP contribution in [-0.4, -0.2) is 18.2 Å². The molecule has 0 saturated carbocycles. The van der Waals surface area contributed by atoms with Gasteiger partial charge in [0.1, 0.15) is 10.7 Å². The smallest absolute Gasteiger partial charge is 0.264 e. The molecule has 1 aromatic heterocycles. The van der Waals surface area contributed by atoms with Gasteiger partial charge in [0.15, 0.2) is 0 Å². The number of nitrogens with zero attached hydrogens (tertiary/aromatic N) is 2. The van der Waals surface area contributed by atoms with Crippen molar-refractivity contribution in [3.05, 3.63) is 46.5 Å². The van der Waals surface area contributed by atoms with Gasteiger partial charge in [0.25, 0.3) is 9.05 Å². The van der Waals surface area contributed by atoms with E-state index < -0.39 is 9.05 Å². The minimum absolute atomic E-state index is 0.0215. The second-order valence-corrected chi connectivity index (χ2v) is 7.17. The third-order valence-corrected chi connectivity index (χ3v) is 4.73. The Bertz CT molecular complexity index is 769. The molecule has 0 N–H and O–H groups in total. The van der Waals surface area contributed by atoms with Crippen LogP contribution in [0.4, 0.5) is 4.39 Å². The molecule has 0 saturated heterocycles. The van der Waals surface area contributed by atoms with Crippen molar-refractivity contribution in [3.63, 3.8) is 0 Å². The summed E-state index contributed by atoms with van der Waals surface area (Å²) in [6.45, 7) is 5.36. The molecule has 0 atom stereocenters. The molecule has 0 unspecified atom stereocenters. The summed E-state index contributed by atoms with van der Waals surface area (Å²) in [4.78, 5) is 0.0215. The van der Waals surface area contributed by atoms with Crippen LogP contribution in [0.3, 0.4) is 0 Å². The largest absolute Gasteiger partial charge is 0.264 e. The molecule has 4 nitrogen and oxygen atoms in total. The summed E-state index contributed by atoms with van der Waals surface area (Å²) in [6.07, 6.45) is 0. The van der Waals surface area contributed by atoms with Gasteiger partial charge in [-0.05, 0) is 44.0 Å². The summed E-state index contributed by atoms with van der Waals surface area (Å²) in [5.74, 6) is -0.336. The molecule has 0 aliphatic heterocycles. The van der Waals surface area contributed by atoms with E-state index >= 15 is 0 Å². The third-order valence-electron chi connectivity index (χ3n) is 3.19. The fourth-order valence-electron chi connectivity index (χ4n) is 2.16. The summed E-state index contributed by atoms with van der Waals surface area (Å²) >= 11 is 0. The van der Waals surface area contributed by atoms with Gasteiger partial charge in [-0.3, -0.25) is 4.68 Å². The number of rotatable bonds is 3. The molecule has 2 rings (SSSR count). The lowest BCUT2D eigenvalue weighted by molar-refractivity contribution is 0.605. The van der Waals surface area contributed by atoms with Gasteiger partial charge in [0.2, 0.25) is 0 Å². The number of aromatic nitrogens is 2. The number of hydrogen-bond donors (Lipinski definition) is 0. The van der Waals surface area contributed by atoms with E-state index in [-0.39, 0.29) is 10.7 Å². The molecule has 2 aromatic rings. The van der Waals surface area contributed by atoms with E-state index in [2.05, 4.69) is 5.10 Å². The number of halogens is 2. The first-order valence-electron chi connectivity index (χ1n) is 5.94. The summed E-state index contributed by atoms with van der Waals surface area (Å²) < 4.78 is 37.8. The van der Waals surface area contributed by atoms with Gasteiger partial charge in [0, 0.05) is 10.7 Å². The molecular weight excluding hydrogens is 303 g/mol. The molecule has 0 spiro atoms. The molecule has 1 heterocycles. The summed E-state index contributed by atoms with van der Waals surface area (Å²) in [5.41, 5.74) is 2.44. The van der Waals surface area contributed by atoms with E-state index in [0.717, 1.165) is 11.1 Å². The highest BCUT2D eigenvalue weighted by atomic mass is 35.7. The van der Waals surface area contributed by atoms with Crippen LogP contribution in [0.15, 0.2) is 23.1 Å². The Morgan fingerprint density at radius 3 is 2.50 bits per heavy atom. The molecule has 20 heavy (non-hydrogen) atoms. The Labute approximate surface area is 121 Å². The normalized spacial score (nSPS) is 11.8. The van der Waals surface area contributed by atoms with Crippen LogP contribution in [0.1, 0.15) is 22.5 Å². The molecule has 1 aromatic carbocycles. The maximum atomic E-state index is 13.3. The molecule has 0 aliphatic rings. The predicted octanol–water partition coefficient (Wildman–Crippen LogP) is 2.92. The number of aryl methyl sites for hydroxylation is 2. The van der Waals surface area contributed by atoms with Gasteiger partial charge >= 0.3 is 0 Å². The summed E-state index contributed by atoms with van der Waals surface area (Å²) in [5, 5.41) is 4.17. The molecule has 0 radical (unpaired) electrons. The molecule has 0 bridgehead atoms. The van der Waals surface area contributed by atoms with Gasteiger partial charge in [-0.25, -0.2) is 12.8 Å². The lowest BCUT2D eigenvalue weighted by Crippen LogP contribution is -2.06. The highest BCUT2D eigenvalue weighted by Crippen LogP contribution is 2.24. The first-order chi connectivity index (χ1) is 9.20. The Balaban J connectivity index is 2.48. The lowest BCUT2D eigenvalue weighted by Gasteiger charge is -2.08. The topological polar surface area (TPSA) is 52.0 Å². The standard InChI is InChI=1S/C13H14ClFN2O2S/c1-8-4-5-12(15)6-11(8)7-17-10(3)13(9(2)16-17)20(14,18)19/h4-6H,7H2,1-3H3. The molecule has 0 aliphatic carbocycles. The Morgan fingerprint density at radius 1 is 1.30 bits per heavy atom. The SMILES string of the molecule is Cc1ccc(F)cc1Cn1nc(C)c(S(=O)(=O)Cl)c1C. The van der Waals surface area contributed by atoms with Crippen molar-refractivity contribution in [3.8, 4) is 0 Å². The van der Waals surface area contributed by atoms with Crippen molar-refractivity contribution in [2.45, 2.75) is 32.2 Å². The molecule has 7 heteroatoms. The highest BCUT2D eigenvalue weighted by Gasteiger charge is 2.22. The van der Waals surface area contributed by atoms with Crippen LogP contribution in [-0.2, 0) is 15.6 Å². The van der Waals surface area contributed by atoms with Crippen LogP contribution < -0.4 is 0 Å². The zero-order valence-corrected chi connectivity index (χ0v) is 12.9. The minimum Gasteiger partial charge on any atom is -0.264 e. The predicted molar refractivity (Wildman–Crippen MR) is 75.0 cm³/mol. The van der Waals surface area contributed by atoms with E-state index in [1.807, 2.05) is 6.92 Å². The second-order valence-electron chi connectivity index (χ2n) is 4.67. The highest BCUT2D eigenvalue weighted by molar-refractivity contribution is 8.13. The lowest BCUT2D eigenvalue weighted by atomic mass is 10.1. The monoisotopic (exact) mass is 316 g/mol. The number of benzene rings is 1. The zero-order chi connectivity index (χ0) is 15.1. The van der Waals surface area contributed by atoms with Gasteiger partial charge < -0.3 is 0 Å². The maximum absolute atomic E-state index is 13.3. The van der Waals surface area contributed by atoms with Crippen molar-refractivity contribution in [1.29, 1.82) is 0 Å². The van der Waals surface area contributed by atoms with Crippen LogP contribution >= 0.6 is 10.7 Å². The Hall–Kier alpha value is -1.40. The van der Waals surface area contributed by atoms with Crippen LogP contribution in [0.2, 0.25) is 0 Å². The van der Waals surface area contributed by atoms with E-state index in [4.69, 9.17) is 10.7 Å². The first kappa shape index (κ1) is 15.0. The van der Waals surface area contributed by atoms with E-state index in [0.29, 0.717) is 17.9 Å². The average molecular weight is 317 g/mol. The molecule has 0 fully saturated rings. The second kappa shape index (κ2) is 5.18. The van der Waals surface area contributed by atoms with Crippen molar-refractivity contribution >= 4 is 19.7 Å². The fourth-order valence-corrected chi connectivity index (χ4v) is 3.68. The van der Waals surface area contributed by atoms with Gasteiger partial charge in [-0.2, -0.15) is 5.10 Å². The summed E-state index contributed by atoms with van der Waals surface area (Å²) in [7, 11) is 1.56. The van der Waals surface area contributed by atoms with Crippen LogP contribution in [0, 0.1) is 26.6 Å². The van der Waals surface area contributed by atoms with Gasteiger partial charge in [-0.15, -0.1) is 0 Å². The van der Waals surface area contributed by atoms with Crippen molar-refractivity contribution in [2.24, 2.45) is 0 Å². The fraction of sp³-hybridized carbons (Fsp3) is 0.308. The minimum atomic E-state index is -3.84. The first-order valence-corrected chi connectivity index (χ1v) is 8.25. The van der Waals surface area contributed by atoms with Crippen molar-refractivity contribution in [1.82, 2.24) is 9.78 Å². The average Bonchev–Trinajstić information content (AvgIpc) is 2.58. The number of hydrogen-bond acceptors (Lipinski definition) is 3. The zero-order valence-electron chi connectivity index (χ0n) is 11.3. The maximum Gasteiger partial charge on any atom is 0.264 e.